The zero-order chi connectivity index (χ0) is 8.97. The number of halogens is 1. The van der Waals surface area contributed by atoms with Crippen molar-refractivity contribution in [1.29, 1.82) is 0 Å². The molecule has 0 atom stereocenters. The molecule has 0 aliphatic carbocycles. The van der Waals surface area contributed by atoms with E-state index in [1.54, 1.807) is 18.2 Å². The average molecular weight is 179 g/mol. The van der Waals surface area contributed by atoms with Crippen LogP contribution in [-0.2, 0) is 0 Å². The Labute approximate surface area is 75.9 Å². The molecule has 68 valence electrons. The summed E-state index contributed by atoms with van der Waals surface area (Å²) in [6, 6.07) is 0. The molecule has 4 heteroatoms. The van der Waals surface area contributed by atoms with Gasteiger partial charge < -0.3 is 0 Å². The largest absolute Gasteiger partial charge is 0.269 e. The maximum absolute atomic E-state index is 3.78. The second-order valence-corrected chi connectivity index (χ2v) is 2.09. The highest BCUT2D eigenvalue weighted by molar-refractivity contribution is 5.67. The van der Waals surface area contributed by atoms with E-state index >= 15 is 0 Å². The molecule has 13 heavy (non-hydrogen) atoms. The Morgan fingerprint density at radius 1 is 0.846 bits per heavy atom. The third-order valence-electron chi connectivity index (χ3n) is 1.45. The minimum Gasteiger partial charge on any atom is -0.269 e. The molecule has 0 spiro atoms. The highest BCUT2D eigenvalue weighted by atomic mass is 19.0. The molecule has 0 radical (unpaired) electrons. The SMILES string of the molecule is C=Cc1nnnc(C=C)c1C=C.F. The summed E-state index contributed by atoms with van der Waals surface area (Å²) in [7, 11) is 0. The van der Waals surface area contributed by atoms with E-state index in [1.165, 1.54) is 0 Å². The van der Waals surface area contributed by atoms with Gasteiger partial charge in [-0.15, -0.1) is 10.2 Å². The molecule has 1 aromatic rings. The quantitative estimate of drug-likeness (QED) is 0.711. The maximum Gasteiger partial charge on any atom is 0.0963 e. The number of hydrogen-bond acceptors (Lipinski definition) is 3. The molecular formula is C9H10FN3. The zero-order valence-corrected chi connectivity index (χ0v) is 7.10. The molecule has 0 aliphatic heterocycles. The fourth-order valence-electron chi connectivity index (χ4n) is 0.868. The van der Waals surface area contributed by atoms with E-state index in [9.17, 15) is 0 Å². The predicted octanol–water partition coefficient (Wildman–Crippen LogP) is 1.95. The van der Waals surface area contributed by atoms with Gasteiger partial charge in [-0.3, -0.25) is 4.70 Å². The summed E-state index contributed by atoms with van der Waals surface area (Å²) < 4.78 is 0. The van der Waals surface area contributed by atoms with Crippen molar-refractivity contribution in [3.05, 3.63) is 36.7 Å². The van der Waals surface area contributed by atoms with Crippen molar-refractivity contribution in [2.75, 3.05) is 0 Å². The summed E-state index contributed by atoms with van der Waals surface area (Å²) >= 11 is 0. The van der Waals surface area contributed by atoms with Crippen LogP contribution >= 0.6 is 0 Å². The van der Waals surface area contributed by atoms with Crippen molar-refractivity contribution >= 4 is 18.2 Å². The van der Waals surface area contributed by atoms with Crippen LogP contribution in [0.2, 0.25) is 0 Å². The molecule has 0 saturated carbocycles. The van der Waals surface area contributed by atoms with Gasteiger partial charge in [0.1, 0.15) is 0 Å². The minimum atomic E-state index is 0. The lowest BCUT2D eigenvalue weighted by Crippen LogP contribution is -1.98. The van der Waals surface area contributed by atoms with Crippen molar-refractivity contribution in [2.45, 2.75) is 0 Å². The molecule has 1 aromatic heterocycles. The van der Waals surface area contributed by atoms with Gasteiger partial charge in [-0.1, -0.05) is 25.8 Å². The van der Waals surface area contributed by atoms with Gasteiger partial charge >= 0.3 is 0 Å². The van der Waals surface area contributed by atoms with Crippen LogP contribution < -0.4 is 0 Å². The normalized spacial score (nSPS) is 8.31. The van der Waals surface area contributed by atoms with E-state index in [1.807, 2.05) is 0 Å². The molecule has 1 rings (SSSR count). The van der Waals surface area contributed by atoms with E-state index in [4.69, 9.17) is 0 Å². The van der Waals surface area contributed by atoms with Gasteiger partial charge in [-0.05, 0) is 17.4 Å². The Morgan fingerprint density at radius 2 is 1.31 bits per heavy atom. The van der Waals surface area contributed by atoms with Gasteiger partial charge in [0, 0.05) is 5.56 Å². The fourth-order valence-corrected chi connectivity index (χ4v) is 0.868. The van der Waals surface area contributed by atoms with Crippen molar-refractivity contribution in [1.82, 2.24) is 15.4 Å². The zero-order valence-electron chi connectivity index (χ0n) is 7.10. The molecule has 3 nitrogen and oxygen atoms in total. The third kappa shape index (κ3) is 2.05. The molecule has 0 aromatic carbocycles. The Balaban J connectivity index is 0.00000144. The lowest BCUT2D eigenvalue weighted by molar-refractivity contribution is 0.847. The molecule has 0 aliphatic rings. The third-order valence-corrected chi connectivity index (χ3v) is 1.45. The predicted molar refractivity (Wildman–Crippen MR) is 52.6 cm³/mol. The molecule has 0 fully saturated rings. The van der Waals surface area contributed by atoms with Gasteiger partial charge in [-0.2, -0.15) is 0 Å². The summed E-state index contributed by atoms with van der Waals surface area (Å²) in [5.41, 5.74) is 2.17. The maximum atomic E-state index is 3.78. The summed E-state index contributed by atoms with van der Waals surface area (Å²) in [6.07, 6.45) is 4.88. The van der Waals surface area contributed by atoms with Crippen LogP contribution in [0.25, 0.3) is 18.2 Å². The first-order valence-electron chi connectivity index (χ1n) is 3.44. The van der Waals surface area contributed by atoms with Crippen LogP contribution in [0.1, 0.15) is 17.0 Å². The lowest BCUT2D eigenvalue weighted by atomic mass is 10.1. The van der Waals surface area contributed by atoms with E-state index in [0.29, 0.717) is 11.4 Å². The van der Waals surface area contributed by atoms with Crippen molar-refractivity contribution in [2.24, 2.45) is 0 Å². The Morgan fingerprint density at radius 3 is 1.62 bits per heavy atom. The van der Waals surface area contributed by atoms with Gasteiger partial charge in [0.25, 0.3) is 0 Å². The van der Waals surface area contributed by atoms with Gasteiger partial charge in [0.15, 0.2) is 0 Å². The van der Waals surface area contributed by atoms with Crippen molar-refractivity contribution < 1.29 is 4.70 Å². The number of rotatable bonds is 3. The fraction of sp³-hybridized carbons (Fsp3) is 0. The smallest absolute Gasteiger partial charge is 0.0963 e. The minimum absolute atomic E-state index is 0. The van der Waals surface area contributed by atoms with Crippen LogP contribution in [0, 0.1) is 0 Å². The molecular weight excluding hydrogens is 169 g/mol. The van der Waals surface area contributed by atoms with Crippen LogP contribution in [-0.4, -0.2) is 15.4 Å². The molecule has 0 bridgehead atoms. The summed E-state index contributed by atoms with van der Waals surface area (Å²) in [5.74, 6) is 0. The van der Waals surface area contributed by atoms with Gasteiger partial charge in [-0.25, -0.2) is 0 Å². The van der Waals surface area contributed by atoms with Crippen LogP contribution in [0.5, 0.6) is 0 Å². The number of nitrogens with zero attached hydrogens (tertiary/aromatic N) is 3. The monoisotopic (exact) mass is 179 g/mol. The lowest BCUT2D eigenvalue weighted by Gasteiger charge is -1.99. The van der Waals surface area contributed by atoms with E-state index in [-0.39, 0.29) is 4.70 Å². The second-order valence-electron chi connectivity index (χ2n) is 2.09. The number of aromatic nitrogens is 3. The first-order valence-corrected chi connectivity index (χ1v) is 3.44. The number of hydrogen-bond donors (Lipinski definition) is 0. The standard InChI is InChI=1S/C9H9N3.FH/c1-4-7-8(5-2)10-12-11-9(7)6-3;/h4-6H,1-3H2;1H. The first-order chi connectivity index (χ1) is 5.83. The van der Waals surface area contributed by atoms with Crippen LogP contribution in [0.4, 0.5) is 4.70 Å². The summed E-state index contributed by atoms with van der Waals surface area (Å²) in [4.78, 5) is 0. The molecule has 0 saturated heterocycles. The topological polar surface area (TPSA) is 38.7 Å². The van der Waals surface area contributed by atoms with Gasteiger partial charge in [0.2, 0.25) is 0 Å². The van der Waals surface area contributed by atoms with E-state index in [0.717, 1.165) is 5.56 Å². The molecule has 0 amide bonds. The highest BCUT2D eigenvalue weighted by Gasteiger charge is 2.02. The van der Waals surface area contributed by atoms with Crippen molar-refractivity contribution in [3.63, 3.8) is 0 Å². The second kappa shape index (κ2) is 4.92. The Hall–Kier alpha value is -1.84. The van der Waals surface area contributed by atoms with Crippen LogP contribution in [0.15, 0.2) is 19.7 Å². The Kier molecular flexibility index (Phi) is 4.23. The van der Waals surface area contributed by atoms with Crippen molar-refractivity contribution in [3.8, 4) is 0 Å². The Bertz CT molecular complexity index is 307. The molecule has 0 unspecified atom stereocenters. The molecule has 1 heterocycles. The summed E-state index contributed by atoms with van der Waals surface area (Å²) in [6.45, 7) is 10.9. The first kappa shape index (κ1) is 11.2. The van der Waals surface area contributed by atoms with E-state index < -0.39 is 0 Å². The van der Waals surface area contributed by atoms with E-state index in [2.05, 4.69) is 35.1 Å². The molecule has 0 N–H and O–H groups in total. The van der Waals surface area contributed by atoms with Gasteiger partial charge in [0.05, 0.1) is 11.4 Å². The highest BCUT2D eigenvalue weighted by Crippen LogP contribution is 2.12. The summed E-state index contributed by atoms with van der Waals surface area (Å²) in [5, 5.41) is 11.1. The van der Waals surface area contributed by atoms with Crippen LogP contribution in [0.3, 0.4) is 0 Å². The average Bonchev–Trinajstić information content (AvgIpc) is 2.16.